The second-order valence-corrected chi connectivity index (χ2v) is 11.1. The number of aromatic nitrogens is 1. The Balaban J connectivity index is 1.65. The first-order valence-corrected chi connectivity index (χ1v) is 13.3. The van der Waals surface area contributed by atoms with E-state index < -0.39 is 41.3 Å². The molecule has 1 aromatic heterocycles. The summed E-state index contributed by atoms with van der Waals surface area (Å²) in [6.45, 7) is 8.93. The van der Waals surface area contributed by atoms with Gasteiger partial charge in [0.05, 0.1) is 34.1 Å². The summed E-state index contributed by atoms with van der Waals surface area (Å²) in [7, 11) is 8.35. The summed E-state index contributed by atoms with van der Waals surface area (Å²) in [5, 5.41) is 3.40. The molecule has 12 heteroatoms. The molecule has 1 aliphatic carbocycles. The molecular formula is C29H34BN3O8. The maximum Gasteiger partial charge on any atom is 0.411 e. The van der Waals surface area contributed by atoms with Gasteiger partial charge >= 0.3 is 12.1 Å². The number of rotatable bonds is 9. The van der Waals surface area contributed by atoms with Crippen molar-refractivity contribution in [2.45, 2.75) is 63.2 Å². The molecule has 2 amide bonds. The van der Waals surface area contributed by atoms with E-state index in [1.807, 2.05) is 0 Å². The average Bonchev–Trinajstić information content (AvgIpc) is 3.48. The molecule has 1 aromatic carbocycles. The number of carbonyl (C=O) groups excluding carboxylic acids is 4. The van der Waals surface area contributed by atoms with E-state index >= 15 is 0 Å². The zero-order valence-corrected chi connectivity index (χ0v) is 23.9. The van der Waals surface area contributed by atoms with Crippen LogP contribution >= 0.6 is 0 Å². The number of Topliss-reactive ketones (excluding diaryl/α,β-unsaturated/α-hetero) is 1. The molecule has 41 heavy (non-hydrogen) atoms. The van der Waals surface area contributed by atoms with Gasteiger partial charge in [-0.05, 0) is 45.6 Å². The number of methoxy groups -OCH3 is 2. The lowest BCUT2D eigenvalue weighted by molar-refractivity contribution is -0.147. The van der Waals surface area contributed by atoms with E-state index in [9.17, 15) is 19.2 Å². The number of nitrogens with one attached hydrogen (secondary N) is 1. The number of benzene rings is 1. The molecule has 0 bridgehead atoms. The standard InChI is InChI=1S/C29H34BN3O8/c1-7-16-13-29(16,26(36)39-6)32-25(35)22-11-18(15-33(22)27(37)41-28(2,3)4)40-24-12-21(23(34)14-30)31-20-10-17(38-5)8-9-19(20)24/h7-10,12,16,18,22H,1,11,13-15H2,2-6H3,(H,32,35)/t16-,18-,22+,29-/m1/s1. The van der Waals surface area contributed by atoms with Crippen LogP contribution in [-0.4, -0.2) is 85.5 Å². The van der Waals surface area contributed by atoms with Crippen LogP contribution in [0.15, 0.2) is 36.9 Å². The Morgan fingerprint density at radius 2 is 1.95 bits per heavy atom. The van der Waals surface area contributed by atoms with Gasteiger partial charge < -0.3 is 24.3 Å². The highest BCUT2D eigenvalue weighted by Crippen LogP contribution is 2.45. The fraction of sp³-hybridized carbons (Fsp3) is 0.483. The Morgan fingerprint density at radius 1 is 1.22 bits per heavy atom. The van der Waals surface area contributed by atoms with E-state index in [2.05, 4.69) is 16.9 Å². The Labute approximate surface area is 239 Å². The third-order valence-electron chi connectivity index (χ3n) is 7.13. The van der Waals surface area contributed by atoms with Gasteiger partial charge in [0.15, 0.2) is 5.78 Å². The van der Waals surface area contributed by atoms with E-state index in [-0.39, 0.29) is 36.7 Å². The molecular weight excluding hydrogens is 529 g/mol. The molecule has 1 N–H and O–H groups in total. The number of fused-ring (bicyclic) bond motifs is 1. The molecule has 11 nitrogen and oxygen atoms in total. The lowest BCUT2D eigenvalue weighted by Gasteiger charge is -2.28. The highest BCUT2D eigenvalue weighted by molar-refractivity contribution is 6.23. The van der Waals surface area contributed by atoms with E-state index in [0.29, 0.717) is 28.8 Å². The summed E-state index contributed by atoms with van der Waals surface area (Å²) in [4.78, 5) is 57.5. The maximum absolute atomic E-state index is 13.6. The van der Waals surface area contributed by atoms with Crippen LogP contribution in [0.5, 0.6) is 11.5 Å². The highest BCUT2D eigenvalue weighted by atomic mass is 16.6. The fourth-order valence-corrected chi connectivity index (χ4v) is 4.97. The molecule has 1 saturated heterocycles. The molecule has 0 spiro atoms. The fourth-order valence-electron chi connectivity index (χ4n) is 4.97. The van der Waals surface area contributed by atoms with Crippen molar-refractivity contribution >= 4 is 42.5 Å². The van der Waals surface area contributed by atoms with Gasteiger partial charge in [-0.15, -0.1) is 6.58 Å². The molecule has 2 aromatic rings. The van der Waals surface area contributed by atoms with E-state index in [1.165, 1.54) is 25.2 Å². The Hall–Kier alpha value is -4.09. The van der Waals surface area contributed by atoms with Crippen molar-refractivity contribution in [2.75, 3.05) is 20.8 Å². The average molecular weight is 563 g/mol. The Morgan fingerprint density at radius 3 is 2.54 bits per heavy atom. The van der Waals surface area contributed by atoms with E-state index in [4.69, 9.17) is 26.8 Å². The summed E-state index contributed by atoms with van der Waals surface area (Å²) in [6, 6.07) is 5.66. The van der Waals surface area contributed by atoms with Crippen LogP contribution in [0.4, 0.5) is 4.79 Å². The van der Waals surface area contributed by atoms with Gasteiger partial charge in [-0.25, -0.2) is 14.6 Å². The molecule has 1 aliphatic heterocycles. The molecule has 1 saturated carbocycles. The third kappa shape index (κ3) is 6.16. The quantitative estimate of drug-likeness (QED) is 0.212. The summed E-state index contributed by atoms with van der Waals surface area (Å²) < 4.78 is 22.1. The van der Waals surface area contributed by atoms with Crippen LogP contribution < -0.4 is 14.8 Å². The zero-order valence-electron chi connectivity index (χ0n) is 23.9. The van der Waals surface area contributed by atoms with Crippen LogP contribution in [0, 0.1) is 5.92 Å². The van der Waals surface area contributed by atoms with Gasteiger partial charge in [0.2, 0.25) is 5.91 Å². The van der Waals surface area contributed by atoms with Crippen LogP contribution in [0.3, 0.4) is 0 Å². The van der Waals surface area contributed by atoms with Crippen molar-refractivity contribution in [3.8, 4) is 11.5 Å². The normalized spacial score (nSPS) is 23.4. The molecule has 4 atom stereocenters. The maximum atomic E-state index is 13.6. The number of esters is 1. The lowest BCUT2D eigenvalue weighted by atomic mass is 9.98. The van der Waals surface area contributed by atoms with Crippen molar-refractivity contribution in [2.24, 2.45) is 5.92 Å². The molecule has 216 valence electrons. The van der Waals surface area contributed by atoms with Gasteiger partial charge in [0, 0.05) is 29.9 Å². The van der Waals surface area contributed by atoms with Crippen molar-refractivity contribution in [3.05, 3.63) is 42.6 Å². The monoisotopic (exact) mass is 563 g/mol. The number of nitrogens with zero attached hydrogens (tertiary/aromatic N) is 2. The first kappa shape index (κ1) is 29.9. The van der Waals surface area contributed by atoms with E-state index in [0.717, 1.165) is 0 Å². The second kappa shape index (κ2) is 11.4. The Kier molecular flexibility index (Phi) is 8.33. The molecule has 2 radical (unpaired) electrons. The summed E-state index contributed by atoms with van der Waals surface area (Å²) in [5.41, 5.74) is -1.47. The number of ether oxygens (including phenoxy) is 4. The number of hydrogen-bond donors (Lipinski definition) is 1. The van der Waals surface area contributed by atoms with Gasteiger partial charge in [0.1, 0.15) is 40.5 Å². The minimum Gasteiger partial charge on any atom is -0.497 e. The van der Waals surface area contributed by atoms with Crippen molar-refractivity contribution in [1.82, 2.24) is 15.2 Å². The second-order valence-electron chi connectivity index (χ2n) is 11.1. The first-order chi connectivity index (χ1) is 19.3. The summed E-state index contributed by atoms with van der Waals surface area (Å²) in [5.74, 6) is -0.917. The largest absolute Gasteiger partial charge is 0.497 e. The molecule has 0 unspecified atom stereocenters. The zero-order chi connectivity index (χ0) is 30.1. The first-order valence-electron chi connectivity index (χ1n) is 13.3. The van der Waals surface area contributed by atoms with E-state index in [1.54, 1.807) is 45.0 Å². The molecule has 4 rings (SSSR count). The third-order valence-corrected chi connectivity index (χ3v) is 7.13. The number of amides is 2. The van der Waals surface area contributed by atoms with Gasteiger partial charge in [-0.2, -0.15) is 0 Å². The smallest absolute Gasteiger partial charge is 0.411 e. The molecule has 2 heterocycles. The van der Waals surface area contributed by atoms with Crippen LogP contribution in [-0.2, 0) is 19.1 Å². The number of pyridine rings is 1. The molecule has 2 fully saturated rings. The minimum absolute atomic E-state index is 0.0171. The van der Waals surface area contributed by atoms with Crippen LogP contribution in [0.1, 0.15) is 44.1 Å². The van der Waals surface area contributed by atoms with Gasteiger partial charge in [-0.3, -0.25) is 14.5 Å². The minimum atomic E-state index is -1.23. The van der Waals surface area contributed by atoms with Crippen LogP contribution in [0.25, 0.3) is 10.9 Å². The number of hydrogen-bond acceptors (Lipinski definition) is 9. The van der Waals surface area contributed by atoms with Crippen molar-refractivity contribution in [3.63, 3.8) is 0 Å². The number of likely N-dealkylation sites (tertiary alicyclic amines) is 1. The highest BCUT2D eigenvalue weighted by Gasteiger charge is 2.62. The summed E-state index contributed by atoms with van der Waals surface area (Å²) >= 11 is 0. The number of carbonyl (C=O) groups is 4. The lowest BCUT2D eigenvalue weighted by Crippen LogP contribution is -2.53. The van der Waals surface area contributed by atoms with Gasteiger partial charge in [-0.1, -0.05) is 6.08 Å². The Bertz CT molecular complexity index is 1390. The predicted octanol–water partition coefficient (Wildman–Crippen LogP) is 3.00. The number of ketones is 1. The van der Waals surface area contributed by atoms with Crippen LogP contribution in [0.2, 0.25) is 6.32 Å². The summed E-state index contributed by atoms with van der Waals surface area (Å²) in [6.07, 6.45) is 0.436. The SMILES string of the molecule is [B]CC(=O)c1cc(O[C@@H]2C[C@@H](C(=O)N[C@]3(C(=O)OC)C[C@H]3C=C)N(C(=O)OC(C)(C)C)C2)c2ccc(OC)cc2n1. The van der Waals surface area contributed by atoms with Crippen molar-refractivity contribution in [1.29, 1.82) is 0 Å². The van der Waals surface area contributed by atoms with Crippen molar-refractivity contribution < 1.29 is 38.1 Å². The molecule has 2 aliphatic rings. The van der Waals surface area contributed by atoms with Gasteiger partial charge in [0.25, 0.3) is 0 Å². The predicted molar refractivity (Wildman–Crippen MR) is 150 cm³/mol. The topological polar surface area (TPSA) is 133 Å².